The van der Waals surface area contributed by atoms with Gasteiger partial charge in [-0.3, -0.25) is 9.69 Å². The smallest absolute Gasteiger partial charge is 0.257 e. The van der Waals surface area contributed by atoms with Gasteiger partial charge in [-0.05, 0) is 17.5 Å². The summed E-state index contributed by atoms with van der Waals surface area (Å²) in [5, 5.41) is 2.90. The van der Waals surface area contributed by atoms with Crippen LogP contribution in [0.2, 0.25) is 0 Å². The van der Waals surface area contributed by atoms with Crippen LogP contribution in [0, 0.1) is 0 Å². The molecular weight excluding hydrogens is 280 g/mol. The maximum Gasteiger partial charge on any atom is 0.257 e. The van der Waals surface area contributed by atoms with Crippen LogP contribution in [0.25, 0.3) is 0 Å². The monoisotopic (exact) mass is 306 g/mol. The van der Waals surface area contributed by atoms with Gasteiger partial charge < -0.3 is 14.8 Å². The molecule has 0 bridgehead atoms. The number of hydrogen-bond acceptors (Lipinski definition) is 4. The lowest BCUT2D eigenvalue weighted by molar-refractivity contribution is -0.123. The fourth-order valence-corrected chi connectivity index (χ4v) is 2.46. The predicted octanol–water partition coefficient (Wildman–Crippen LogP) is 1.64. The number of amides is 1. The molecule has 0 saturated carbocycles. The molecule has 1 heterocycles. The Morgan fingerprint density at radius 2 is 2.05 bits per heavy atom. The van der Waals surface area contributed by atoms with Crippen LogP contribution in [0.4, 0.5) is 0 Å². The predicted molar refractivity (Wildman–Crippen MR) is 86.3 cm³/mol. The molecule has 1 aliphatic rings. The molecular formula is C17H26N2O3. The molecule has 1 amide bonds. The minimum atomic E-state index is -0.0770. The third kappa shape index (κ3) is 5.31. The second-order valence-electron chi connectivity index (χ2n) is 5.79. The summed E-state index contributed by atoms with van der Waals surface area (Å²) in [7, 11) is 0. The lowest BCUT2D eigenvalue weighted by atomic mass is 10.0. The quantitative estimate of drug-likeness (QED) is 0.832. The number of nitrogens with zero attached hydrogens (tertiary/aromatic N) is 1. The average Bonchev–Trinajstić information content (AvgIpc) is 2.54. The summed E-state index contributed by atoms with van der Waals surface area (Å²) in [6, 6.07) is 7.87. The van der Waals surface area contributed by atoms with Gasteiger partial charge in [0, 0.05) is 26.2 Å². The van der Waals surface area contributed by atoms with Gasteiger partial charge in [0.1, 0.15) is 5.75 Å². The van der Waals surface area contributed by atoms with Crippen LogP contribution < -0.4 is 10.1 Å². The highest BCUT2D eigenvalue weighted by atomic mass is 16.5. The summed E-state index contributed by atoms with van der Waals surface area (Å²) >= 11 is 0. The number of carbonyl (C=O) groups excluding carboxylic acids is 1. The molecule has 1 fully saturated rings. The number of ether oxygens (including phenoxy) is 2. The molecule has 22 heavy (non-hydrogen) atoms. The van der Waals surface area contributed by atoms with Crippen molar-refractivity contribution in [2.75, 3.05) is 46.0 Å². The number of para-hydroxylation sites is 1. The summed E-state index contributed by atoms with van der Waals surface area (Å²) in [6.45, 7) is 9.24. The SMILES string of the molecule is CC(C)c1ccccc1OCC(=O)NCCN1CCOCC1. The minimum Gasteiger partial charge on any atom is -0.483 e. The molecule has 5 heteroatoms. The van der Waals surface area contributed by atoms with Crippen molar-refractivity contribution in [1.29, 1.82) is 0 Å². The molecule has 0 spiro atoms. The number of nitrogens with one attached hydrogen (secondary N) is 1. The zero-order chi connectivity index (χ0) is 15.8. The summed E-state index contributed by atoms with van der Waals surface area (Å²) < 4.78 is 11.0. The topological polar surface area (TPSA) is 50.8 Å². The maximum atomic E-state index is 11.9. The van der Waals surface area contributed by atoms with Crippen molar-refractivity contribution >= 4 is 5.91 Å². The summed E-state index contributed by atoms with van der Waals surface area (Å²) in [5.41, 5.74) is 1.13. The van der Waals surface area contributed by atoms with Gasteiger partial charge in [-0.25, -0.2) is 0 Å². The van der Waals surface area contributed by atoms with Crippen LogP contribution in [0.1, 0.15) is 25.3 Å². The van der Waals surface area contributed by atoms with E-state index in [1.807, 2.05) is 24.3 Å². The van der Waals surface area contributed by atoms with Crippen molar-refractivity contribution in [2.45, 2.75) is 19.8 Å². The first-order valence-corrected chi connectivity index (χ1v) is 7.95. The zero-order valence-electron chi connectivity index (χ0n) is 13.5. The van der Waals surface area contributed by atoms with E-state index in [1.54, 1.807) is 0 Å². The van der Waals surface area contributed by atoms with Gasteiger partial charge in [-0.2, -0.15) is 0 Å². The van der Waals surface area contributed by atoms with Gasteiger partial charge in [0.15, 0.2) is 6.61 Å². The lowest BCUT2D eigenvalue weighted by Crippen LogP contribution is -2.42. The molecule has 0 unspecified atom stereocenters. The molecule has 0 aliphatic carbocycles. The van der Waals surface area contributed by atoms with E-state index in [-0.39, 0.29) is 12.5 Å². The molecule has 1 saturated heterocycles. The second kappa shape index (κ2) is 8.76. The van der Waals surface area contributed by atoms with E-state index in [9.17, 15) is 4.79 Å². The van der Waals surface area contributed by atoms with Crippen LogP contribution in [-0.4, -0.2) is 56.8 Å². The highest BCUT2D eigenvalue weighted by Gasteiger charge is 2.11. The Balaban J connectivity index is 1.69. The first kappa shape index (κ1) is 16.8. The maximum absolute atomic E-state index is 11.9. The zero-order valence-corrected chi connectivity index (χ0v) is 13.5. The van der Waals surface area contributed by atoms with Gasteiger partial charge in [0.25, 0.3) is 5.91 Å². The molecule has 0 aromatic heterocycles. The molecule has 0 radical (unpaired) electrons. The van der Waals surface area contributed by atoms with Gasteiger partial charge in [0.05, 0.1) is 13.2 Å². The van der Waals surface area contributed by atoms with Gasteiger partial charge in [-0.1, -0.05) is 32.0 Å². The normalized spacial score (nSPS) is 15.8. The molecule has 1 aliphatic heterocycles. The Labute approximate surface area is 132 Å². The summed E-state index contributed by atoms with van der Waals surface area (Å²) in [6.07, 6.45) is 0. The minimum absolute atomic E-state index is 0.0623. The highest BCUT2D eigenvalue weighted by molar-refractivity contribution is 5.77. The van der Waals surface area contributed by atoms with E-state index in [4.69, 9.17) is 9.47 Å². The number of carbonyl (C=O) groups is 1. The standard InChI is InChI=1S/C17H26N2O3/c1-14(2)15-5-3-4-6-16(15)22-13-17(20)18-7-8-19-9-11-21-12-10-19/h3-6,14H,7-13H2,1-2H3,(H,18,20). The van der Waals surface area contributed by atoms with Crippen LogP contribution in [0.5, 0.6) is 5.75 Å². The van der Waals surface area contributed by atoms with Crippen LogP contribution >= 0.6 is 0 Å². The van der Waals surface area contributed by atoms with Crippen molar-refractivity contribution in [3.8, 4) is 5.75 Å². The number of morpholine rings is 1. The van der Waals surface area contributed by atoms with Crippen LogP contribution in [-0.2, 0) is 9.53 Å². The summed E-state index contributed by atoms with van der Waals surface area (Å²) in [5.74, 6) is 1.09. The van der Waals surface area contributed by atoms with E-state index in [1.165, 1.54) is 0 Å². The van der Waals surface area contributed by atoms with Crippen molar-refractivity contribution in [3.05, 3.63) is 29.8 Å². The van der Waals surface area contributed by atoms with Crippen molar-refractivity contribution in [1.82, 2.24) is 10.2 Å². The number of rotatable bonds is 7. The Kier molecular flexibility index (Phi) is 6.68. The van der Waals surface area contributed by atoms with Crippen molar-refractivity contribution in [3.63, 3.8) is 0 Å². The Bertz CT molecular complexity index is 471. The Morgan fingerprint density at radius 1 is 1.32 bits per heavy atom. The molecule has 2 rings (SSSR count). The third-order valence-corrected chi connectivity index (χ3v) is 3.75. The van der Waals surface area contributed by atoms with E-state index in [0.717, 1.165) is 44.2 Å². The van der Waals surface area contributed by atoms with E-state index in [0.29, 0.717) is 12.5 Å². The highest BCUT2D eigenvalue weighted by Crippen LogP contribution is 2.25. The fourth-order valence-electron chi connectivity index (χ4n) is 2.46. The first-order chi connectivity index (χ1) is 10.7. The van der Waals surface area contributed by atoms with Crippen molar-refractivity contribution < 1.29 is 14.3 Å². The molecule has 5 nitrogen and oxygen atoms in total. The van der Waals surface area contributed by atoms with E-state index < -0.39 is 0 Å². The molecule has 1 aromatic rings. The van der Waals surface area contributed by atoms with Crippen LogP contribution in [0.3, 0.4) is 0 Å². The molecule has 1 aromatic carbocycles. The van der Waals surface area contributed by atoms with E-state index in [2.05, 4.69) is 24.1 Å². The lowest BCUT2D eigenvalue weighted by Gasteiger charge is -2.26. The second-order valence-corrected chi connectivity index (χ2v) is 5.79. The Morgan fingerprint density at radius 3 is 2.77 bits per heavy atom. The Hall–Kier alpha value is -1.59. The number of hydrogen-bond donors (Lipinski definition) is 1. The molecule has 1 N–H and O–H groups in total. The van der Waals surface area contributed by atoms with Gasteiger partial charge in [-0.15, -0.1) is 0 Å². The molecule has 122 valence electrons. The van der Waals surface area contributed by atoms with Gasteiger partial charge in [0.2, 0.25) is 0 Å². The fraction of sp³-hybridized carbons (Fsp3) is 0.588. The van der Waals surface area contributed by atoms with Gasteiger partial charge >= 0.3 is 0 Å². The van der Waals surface area contributed by atoms with Crippen LogP contribution in [0.15, 0.2) is 24.3 Å². The summed E-state index contributed by atoms with van der Waals surface area (Å²) in [4.78, 5) is 14.2. The average molecular weight is 306 g/mol. The van der Waals surface area contributed by atoms with E-state index >= 15 is 0 Å². The van der Waals surface area contributed by atoms with Crippen molar-refractivity contribution in [2.24, 2.45) is 0 Å². The molecule has 0 atom stereocenters. The first-order valence-electron chi connectivity index (χ1n) is 7.95. The third-order valence-electron chi connectivity index (χ3n) is 3.75. The number of benzene rings is 1. The largest absolute Gasteiger partial charge is 0.483 e.